The third kappa shape index (κ3) is 5.17. The summed E-state index contributed by atoms with van der Waals surface area (Å²) in [6.45, 7) is 0.348. The molecule has 0 radical (unpaired) electrons. The van der Waals surface area contributed by atoms with Gasteiger partial charge in [0.1, 0.15) is 5.82 Å². The minimum Gasteiger partial charge on any atom is -0.366 e. The lowest BCUT2D eigenvalue weighted by Crippen LogP contribution is -2.23. The zero-order valence-electron chi connectivity index (χ0n) is 12.3. The summed E-state index contributed by atoms with van der Waals surface area (Å²) >= 11 is 3.19. The molecule has 6 heteroatoms. The Labute approximate surface area is 142 Å². The largest absolute Gasteiger partial charge is 0.366 e. The standard InChI is InChI=1S/C17H16BrFN2O2/c18-14-7-5-12(15(19)9-14)6-8-16(22)21-10-11-1-3-13(4-2-11)17(20)23/h1-5,7,9H,6,8,10H2,(H2,20,23)(H,21,22). The van der Waals surface area contributed by atoms with Gasteiger partial charge in [-0.2, -0.15) is 0 Å². The van der Waals surface area contributed by atoms with E-state index in [1.165, 1.54) is 6.07 Å². The summed E-state index contributed by atoms with van der Waals surface area (Å²) < 4.78 is 14.3. The molecule has 0 unspecified atom stereocenters. The second-order valence-electron chi connectivity index (χ2n) is 5.07. The first-order chi connectivity index (χ1) is 11.0. The lowest BCUT2D eigenvalue weighted by molar-refractivity contribution is -0.121. The van der Waals surface area contributed by atoms with E-state index in [-0.39, 0.29) is 18.1 Å². The Morgan fingerprint density at radius 1 is 1.13 bits per heavy atom. The van der Waals surface area contributed by atoms with Crippen molar-refractivity contribution in [1.29, 1.82) is 0 Å². The maximum Gasteiger partial charge on any atom is 0.248 e. The van der Waals surface area contributed by atoms with E-state index >= 15 is 0 Å². The maximum absolute atomic E-state index is 13.7. The highest BCUT2D eigenvalue weighted by molar-refractivity contribution is 9.10. The zero-order valence-corrected chi connectivity index (χ0v) is 13.9. The van der Waals surface area contributed by atoms with Crippen LogP contribution in [0, 0.1) is 5.82 Å². The molecule has 0 atom stereocenters. The highest BCUT2D eigenvalue weighted by Gasteiger charge is 2.07. The number of nitrogens with two attached hydrogens (primary N) is 1. The highest BCUT2D eigenvalue weighted by Crippen LogP contribution is 2.16. The molecule has 0 aliphatic rings. The maximum atomic E-state index is 13.7. The van der Waals surface area contributed by atoms with E-state index in [2.05, 4.69) is 21.2 Å². The van der Waals surface area contributed by atoms with Crippen molar-refractivity contribution in [3.05, 3.63) is 69.4 Å². The van der Waals surface area contributed by atoms with Gasteiger partial charge in [-0.15, -0.1) is 0 Å². The molecule has 23 heavy (non-hydrogen) atoms. The molecule has 0 bridgehead atoms. The van der Waals surface area contributed by atoms with Gasteiger partial charge in [0.2, 0.25) is 11.8 Å². The molecular formula is C17H16BrFN2O2. The van der Waals surface area contributed by atoms with Crippen LogP contribution in [0.25, 0.3) is 0 Å². The number of hydrogen-bond donors (Lipinski definition) is 2. The van der Waals surface area contributed by atoms with Crippen LogP contribution in [0.5, 0.6) is 0 Å². The minimum absolute atomic E-state index is 0.161. The van der Waals surface area contributed by atoms with E-state index in [9.17, 15) is 14.0 Å². The van der Waals surface area contributed by atoms with E-state index in [4.69, 9.17) is 5.73 Å². The normalized spacial score (nSPS) is 10.3. The van der Waals surface area contributed by atoms with E-state index in [1.54, 1.807) is 36.4 Å². The molecule has 3 N–H and O–H groups in total. The monoisotopic (exact) mass is 378 g/mol. The summed E-state index contributed by atoms with van der Waals surface area (Å²) in [5.74, 6) is -0.974. The third-order valence-electron chi connectivity index (χ3n) is 3.36. The molecule has 2 amide bonds. The number of hydrogen-bond acceptors (Lipinski definition) is 2. The first kappa shape index (κ1) is 17.1. The van der Waals surface area contributed by atoms with Crippen molar-refractivity contribution in [3.63, 3.8) is 0 Å². The molecule has 0 spiro atoms. The van der Waals surface area contributed by atoms with E-state index in [0.717, 1.165) is 5.56 Å². The van der Waals surface area contributed by atoms with Gasteiger partial charge in [-0.1, -0.05) is 34.1 Å². The molecule has 0 heterocycles. The molecule has 0 aromatic heterocycles. The van der Waals surface area contributed by atoms with Crippen molar-refractivity contribution in [3.8, 4) is 0 Å². The predicted octanol–water partition coefficient (Wildman–Crippen LogP) is 2.94. The SMILES string of the molecule is NC(=O)c1ccc(CNC(=O)CCc2ccc(Br)cc2F)cc1. The van der Waals surface area contributed by atoms with Crippen LogP contribution in [0.2, 0.25) is 0 Å². The van der Waals surface area contributed by atoms with Crippen LogP contribution >= 0.6 is 15.9 Å². The second-order valence-corrected chi connectivity index (χ2v) is 5.99. The van der Waals surface area contributed by atoms with Gasteiger partial charge in [0, 0.05) is 23.0 Å². The summed E-state index contributed by atoms with van der Waals surface area (Å²) in [6.07, 6.45) is 0.545. The fourth-order valence-electron chi connectivity index (χ4n) is 2.05. The first-order valence-electron chi connectivity index (χ1n) is 7.05. The Hall–Kier alpha value is -2.21. The Morgan fingerprint density at radius 3 is 2.43 bits per heavy atom. The molecule has 2 rings (SSSR count). The lowest BCUT2D eigenvalue weighted by Gasteiger charge is -2.07. The van der Waals surface area contributed by atoms with Crippen LogP contribution in [0.15, 0.2) is 46.9 Å². The fourth-order valence-corrected chi connectivity index (χ4v) is 2.38. The smallest absolute Gasteiger partial charge is 0.248 e. The van der Waals surface area contributed by atoms with Crippen molar-refractivity contribution < 1.29 is 14.0 Å². The number of nitrogens with one attached hydrogen (secondary N) is 1. The Morgan fingerprint density at radius 2 is 1.83 bits per heavy atom. The van der Waals surface area contributed by atoms with Gasteiger partial charge in [-0.3, -0.25) is 9.59 Å². The Bertz CT molecular complexity index is 717. The van der Waals surface area contributed by atoms with Crippen LogP contribution in [-0.4, -0.2) is 11.8 Å². The molecular weight excluding hydrogens is 363 g/mol. The Balaban J connectivity index is 1.82. The molecule has 0 aliphatic heterocycles. The molecule has 0 saturated carbocycles. The zero-order chi connectivity index (χ0) is 16.8. The summed E-state index contributed by atoms with van der Waals surface area (Å²) in [4.78, 5) is 22.8. The molecule has 0 fully saturated rings. The van der Waals surface area contributed by atoms with Gasteiger partial charge in [0.05, 0.1) is 0 Å². The summed E-state index contributed by atoms with van der Waals surface area (Å²) in [7, 11) is 0. The van der Waals surface area contributed by atoms with Crippen LogP contribution < -0.4 is 11.1 Å². The van der Waals surface area contributed by atoms with Gasteiger partial charge in [0.15, 0.2) is 0 Å². The van der Waals surface area contributed by atoms with Gasteiger partial charge in [-0.05, 0) is 41.8 Å². The predicted molar refractivity (Wildman–Crippen MR) is 89.2 cm³/mol. The molecule has 0 saturated heterocycles. The van der Waals surface area contributed by atoms with Crippen LogP contribution in [-0.2, 0) is 17.8 Å². The summed E-state index contributed by atoms with van der Waals surface area (Å²) in [5.41, 5.74) is 6.95. The van der Waals surface area contributed by atoms with Crippen molar-refractivity contribution >= 4 is 27.7 Å². The van der Waals surface area contributed by atoms with Crippen molar-refractivity contribution in [1.82, 2.24) is 5.32 Å². The number of aryl methyl sites for hydroxylation is 1. The number of amides is 2. The summed E-state index contributed by atoms with van der Waals surface area (Å²) in [5, 5.41) is 2.76. The first-order valence-corrected chi connectivity index (χ1v) is 7.84. The molecule has 0 aliphatic carbocycles. The number of rotatable bonds is 6. The quantitative estimate of drug-likeness (QED) is 0.810. The Kier molecular flexibility index (Phi) is 5.87. The number of carbonyl (C=O) groups is 2. The third-order valence-corrected chi connectivity index (χ3v) is 3.86. The molecule has 4 nitrogen and oxygen atoms in total. The number of benzene rings is 2. The topological polar surface area (TPSA) is 72.2 Å². The lowest BCUT2D eigenvalue weighted by atomic mass is 10.1. The number of halogens is 2. The van der Waals surface area contributed by atoms with Crippen molar-refractivity contribution in [2.45, 2.75) is 19.4 Å². The molecule has 120 valence electrons. The van der Waals surface area contributed by atoms with Crippen LogP contribution in [0.1, 0.15) is 27.9 Å². The van der Waals surface area contributed by atoms with Crippen molar-refractivity contribution in [2.24, 2.45) is 5.73 Å². The second kappa shape index (κ2) is 7.87. The van der Waals surface area contributed by atoms with Gasteiger partial charge < -0.3 is 11.1 Å². The minimum atomic E-state index is -0.489. The van der Waals surface area contributed by atoms with Gasteiger partial charge in [-0.25, -0.2) is 4.39 Å². The van der Waals surface area contributed by atoms with Crippen LogP contribution in [0.4, 0.5) is 4.39 Å². The number of carbonyl (C=O) groups excluding carboxylic acids is 2. The van der Waals surface area contributed by atoms with Gasteiger partial charge in [0.25, 0.3) is 0 Å². The highest BCUT2D eigenvalue weighted by atomic mass is 79.9. The summed E-state index contributed by atoms with van der Waals surface area (Å²) in [6, 6.07) is 11.5. The van der Waals surface area contributed by atoms with Gasteiger partial charge >= 0.3 is 0 Å². The molecule has 2 aromatic rings. The van der Waals surface area contributed by atoms with Crippen molar-refractivity contribution in [2.75, 3.05) is 0 Å². The fraction of sp³-hybridized carbons (Fsp3) is 0.176. The number of primary amides is 1. The van der Waals surface area contributed by atoms with Crippen LogP contribution in [0.3, 0.4) is 0 Å². The van der Waals surface area contributed by atoms with E-state index in [0.29, 0.717) is 28.6 Å². The van der Waals surface area contributed by atoms with E-state index in [1.807, 2.05) is 0 Å². The molecule has 2 aromatic carbocycles. The average molecular weight is 379 g/mol. The average Bonchev–Trinajstić information content (AvgIpc) is 2.52. The van der Waals surface area contributed by atoms with E-state index < -0.39 is 5.91 Å².